The fourth-order valence-corrected chi connectivity index (χ4v) is 2.13. The third-order valence-corrected chi connectivity index (χ3v) is 3.15. The van der Waals surface area contributed by atoms with Gasteiger partial charge in [-0.05, 0) is 37.8 Å². The van der Waals surface area contributed by atoms with E-state index < -0.39 is 0 Å². The molecule has 0 radical (unpaired) electrons. The Morgan fingerprint density at radius 3 is 2.59 bits per heavy atom. The monoisotopic (exact) mass is 237 g/mol. The lowest BCUT2D eigenvalue weighted by molar-refractivity contribution is 0.428. The van der Waals surface area contributed by atoms with Gasteiger partial charge in [0.25, 0.3) is 0 Å². The minimum absolute atomic E-state index is 0.464. The minimum atomic E-state index is 0.464. The van der Waals surface area contributed by atoms with Crippen LogP contribution >= 0.6 is 0 Å². The molecule has 0 aromatic carbocycles. The van der Waals surface area contributed by atoms with Gasteiger partial charge in [0, 0.05) is 18.0 Å². The Morgan fingerprint density at radius 2 is 2.00 bits per heavy atom. The number of hydrogen-bond donors (Lipinski definition) is 1. The van der Waals surface area contributed by atoms with E-state index in [-0.39, 0.29) is 0 Å². The van der Waals surface area contributed by atoms with Crippen LogP contribution in [0, 0.1) is 5.92 Å². The lowest BCUT2D eigenvalue weighted by Gasteiger charge is -2.19. The first kappa shape index (κ1) is 14.3. The number of hydrogen-bond acceptors (Lipinski definition) is 2. The third kappa shape index (κ3) is 4.55. The van der Waals surface area contributed by atoms with Gasteiger partial charge in [-0.3, -0.25) is 0 Å². The second-order valence-electron chi connectivity index (χ2n) is 5.13. The first-order chi connectivity index (χ1) is 8.19. The zero-order chi connectivity index (χ0) is 12.7. The predicted molar refractivity (Wildman–Crippen MR) is 73.2 cm³/mol. The van der Waals surface area contributed by atoms with E-state index in [0.29, 0.717) is 6.04 Å². The van der Waals surface area contributed by atoms with Crippen molar-refractivity contribution in [2.75, 3.05) is 6.54 Å². The maximum Gasteiger partial charge on any atom is 0.108 e. The fraction of sp³-hybridized carbons (Fsp3) is 0.733. The highest BCUT2D eigenvalue weighted by atomic mass is 16.3. The number of furan rings is 1. The molecule has 0 saturated heterocycles. The number of nitrogens with one attached hydrogen (secondary N) is 1. The van der Waals surface area contributed by atoms with E-state index in [1.54, 1.807) is 0 Å². The topological polar surface area (TPSA) is 25.2 Å². The molecule has 0 bridgehead atoms. The molecule has 1 aromatic rings. The van der Waals surface area contributed by atoms with Crippen molar-refractivity contribution in [3.63, 3.8) is 0 Å². The Balaban J connectivity index is 2.67. The Bertz CT molecular complexity index is 304. The summed E-state index contributed by atoms with van der Waals surface area (Å²) in [6.45, 7) is 10.0. The molecule has 0 aliphatic carbocycles. The molecule has 2 heteroatoms. The molecule has 17 heavy (non-hydrogen) atoms. The van der Waals surface area contributed by atoms with Crippen molar-refractivity contribution in [1.82, 2.24) is 5.32 Å². The van der Waals surface area contributed by atoms with Gasteiger partial charge >= 0.3 is 0 Å². The molecule has 0 amide bonds. The summed E-state index contributed by atoms with van der Waals surface area (Å²) in [6.07, 6.45) is 6.44. The maximum atomic E-state index is 5.54. The summed E-state index contributed by atoms with van der Waals surface area (Å²) in [5.41, 5.74) is 1.36. The second-order valence-corrected chi connectivity index (χ2v) is 5.13. The van der Waals surface area contributed by atoms with Crippen LogP contribution in [0.3, 0.4) is 0 Å². The van der Waals surface area contributed by atoms with Gasteiger partial charge in [0.05, 0.1) is 6.26 Å². The Hall–Kier alpha value is -0.760. The zero-order valence-electron chi connectivity index (χ0n) is 11.8. The van der Waals surface area contributed by atoms with Crippen molar-refractivity contribution >= 4 is 0 Å². The van der Waals surface area contributed by atoms with Crippen LogP contribution < -0.4 is 5.32 Å². The number of rotatable bonds is 8. The van der Waals surface area contributed by atoms with Crippen LogP contribution in [-0.4, -0.2) is 6.54 Å². The molecule has 0 aliphatic rings. The molecule has 0 spiro atoms. The van der Waals surface area contributed by atoms with Crippen LogP contribution in [0.2, 0.25) is 0 Å². The molecular weight excluding hydrogens is 210 g/mol. The van der Waals surface area contributed by atoms with E-state index >= 15 is 0 Å². The van der Waals surface area contributed by atoms with Crippen LogP contribution in [-0.2, 0) is 6.42 Å². The second kappa shape index (κ2) is 7.54. The van der Waals surface area contributed by atoms with Gasteiger partial charge in [0.15, 0.2) is 0 Å². The first-order valence-corrected chi connectivity index (χ1v) is 6.98. The summed E-state index contributed by atoms with van der Waals surface area (Å²) >= 11 is 0. The third-order valence-electron chi connectivity index (χ3n) is 3.15. The van der Waals surface area contributed by atoms with Crippen molar-refractivity contribution in [1.29, 1.82) is 0 Å². The van der Waals surface area contributed by atoms with E-state index in [4.69, 9.17) is 4.42 Å². The largest absolute Gasteiger partial charge is 0.469 e. The number of aryl methyl sites for hydroxylation is 1. The van der Waals surface area contributed by atoms with Gasteiger partial charge < -0.3 is 9.73 Å². The van der Waals surface area contributed by atoms with Crippen molar-refractivity contribution in [3.8, 4) is 0 Å². The normalized spacial score (nSPS) is 13.2. The van der Waals surface area contributed by atoms with E-state index in [0.717, 1.165) is 24.6 Å². The molecule has 1 heterocycles. The molecule has 1 aromatic heterocycles. The Morgan fingerprint density at radius 1 is 1.24 bits per heavy atom. The highest BCUT2D eigenvalue weighted by Gasteiger charge is 2.16. The standard InChI is InChI=1S/C15H27NO/c1-5-10-16-14(8-7-12(3)4)13-9-11-17-15(13)6-2/h9,11-12,14,16H,5-8,10H2,1-4H3. The van der Waals surface area contributed by atoms with Crippen molar-refractivity contribution < 1.29 is 4.42 Å². The SMILES string of the molecule is CCCNC(CCC(C)C)c1ccoc1CC. The summed E-state index contributed by atoms with van der Waals surface area (Å²) in [6, 6.07) is 2.60. The van der Waals surface area contributed by atoms with E-state index in [9.17, 15) is 0 Å². The lowest BCUT2D eigenvalue weighted by Crippen LogP contribution is -2.23. The van der Waals surface area contributed by atoms with Gasteiger partial charge in [0.2, 0.25) is 0 Å². The Labute approximate surface area is 106 Å². The molecule has 0 saturated carbocycles. The van der Waals surface area contributed by atoms with E-state index in [1.165, 1.54) is 24.8 Å². The molecular formula is C15H27NO. The molecule has 1 N–H and O–H groups in total. The minimum Gasteiger partial charge on any atom is -0.469 e. The molecule has 1 atom stereocenters. The molecule has 0 fully saturated rings. The van der Waals surface area contributed by atoms with Gasteiger partial charge in [-0.25, -0.2) is 0 Å². The van der Waals surface area contributed by atoms with Crippen molar-refractivity contribution in [2.24, 2.45) is 5.92 Å². The Kier molecular flexibility index (Phi) is 6.35. The zero-order valence-corrected chi connectivity index (χ0v) is 11.8. The fourth-order valence-electron chi connectivity index (χ4n) is 2.13. The highest BCUT2D eigenvalue weighted by Crippen LogP contribution is 2.25. The van der Waals surface area contributed by atoms with Gasteiger partial charge in [0.1, 0.15) is 5.76 Å². The van der Waals surface area contributed by atoms with Gasteiger partial charge in [-0.2, -0.15) is 0 Å². The smallest absolute Gasteiger partial charge is 0.108 e. The first-order valence-electron chi connectivity index (χ1n) is 6.98. The predicted octanol–water partition coefficient (Wildman–Crippen LogP) is 4.32. The van der Waals surface area contributed by atoms with Crippen LogP contribution in [0.15, 0.2) is 16.7 Å². The van der Waals surface area contributed by atoms with Crippen molar-refractivity contribution in [2.45, 2.75) is 59.4 Å². The summed E-state index contributed by atoms with van der Waals surface area (Å²) in [5.74, 6) is 1.90. The summed E-state index contributed by atoms with van der Waals surface area (Å²) < 4.78 is 5.54. The summed E-state index contributed by atoms with van der Waals surface area (Å²) in [7, 11) is 0. The van der Waals surface area contributed by atoms with Crippen LogP contribution in [0.1, 0.15) is 64.3 Å². The van der Waals surface area contributed by atoms with E-state index in [2.05, 4.69) is 39.1 Å². The molecule has 1 rings (SSSR count). The quantitative estimate of drug-likeness (QED) is 0.728. The summed E-state index contributed by atoms with van der Waals surface area (Å²) in [5, 5.41) is 3.64. The van der Waals surface area contributed by atoms with Crippen LogP contribution in [0.4, 0.5) is 0 Å². The molecule has 2 nitrogen and oxygen atoms in total. The maximum absolute atomic E-state index is 5.54. The van der Waals surface area contributed by atoms with Gasteiger partial charge in [-0.1, -0.05) is 27.7 Å². The van der Waals surface area contributed by atoms with Crippen molar-refractivity contribution in [3.05, 3.63) is 23.7 Å². The van der Waals surface area contributed by atoms with E-state index in [1.807, 2.05) is 6.26 Å². The lowest BCUT2D eigenvalue weighted by atomic mass is 9.97. The van der Waals surface area contributed by atoms with Crippen LogP contribution in [0.25, 0.3) is 0 Å². The average Bonchev–Trinajstić information content (AvgIpc) is 2.77. The van der Waals surface area contributed by atoms with Crippen LogP contribution in [0.5, 0.6) is 0 Å². The molecule has 98 valence electrons. The highest BCUT2D eigenvalue weighted by molar-refractivity contribution is 5.21. The molecule has 1 unspecified atom stereocenters. The van der Waals surface area contributed by atoms with Gasteiger partial charge in [-0.15, -0.1) is 0 Å². The average molecular weight is 237 g/mol. The molecule has 0 aliphatic heterocycles. The summed E-state index contributed by atoms with van der Waals surface area (Å²) in [4.78, 5) is 0.